The quantitative estimate of drug-likeness (QED) is 0.671. The number of β-lactam (4-membered cyclic amide) rings is 1. The molecule has 2 heterocycles. The molecule has 3 rings (SSSR count). The smallest absolute Gasteiger partial charge is 0.412 e. The van der Waals surface area contributed by atoms with Crippen LogP contribution in [0.3, 0.4) is 0 Å². The molecule has 2 aliphatic heterocycles. The maximum atomic E-state index is 12.5. The summed E-state index contributed by atoms with van der Waals surface area (Å²) in [6, 6.07) is 0. The van der Waals surface area contributed by atoms with Crippen LogP contribution in [-0.2, 0) is 14.3 Å². The van der Waals surface area contributed by atoms with Crippen LogP contribution in [-0.4, -0.2) is 45.9 Å². The van der Waals surface area contributed by atoms with Gasteiger partial charge in [0, 0.05) is 6.42 Å². The third-order valence-electron chi connectivity index (χ3n) is 4.63. The number of hydrogen-bond acceptors (Lipinski definition) is 4. The second-order valence-corrected chi connectivity index (χ2v) is 6.98. The molecule has 3 fully saturated rings. The summed E-state index contributed by atoms with van der Waals surface area (Å²) in [6.45, 7) is 5.76. The SMILES string of the molecule is CC(C)(C)OC(=O)N1C2(CCC2=O)CCC12CNC2=O. The van der Waals surface area contributed by atoms with Crippen molar-refractivity contribution in [3.05, 3.63) is 0 Å². The molecule has 0 bridgehead atoms. The van der Waals surface area contributed by atoms with Gasteiger partial charge in [-0.2, -0.15) is 0 Å². The Morgan fingerprint density at radius 2 is 1.85 bits per heavy atom. The molecule has 2 saturated heterocycles. The van der Waals surface area contributed by atoms with Crippen LogP contribution in [0.4, 0.5) is 4.79 Å². The molecule has 0 aromatic rings. The Bertz CT molecular complexity index is 478. The molecule has 110 valence electrons. The van der Waals surface area contributed by atoms with Crippen molar-refractivity contribution in [1.29, 1.82) is 0 Å². The van der Waals surface area contributed by atoms with Gasteiger partial charge in [-0.05, 0) is 40.0 Å². The van der Waals surface area contributed by atoms with Crippen molar-refractivity contribution in [3.63, 3.8) is 0 Å². The first-order valence-electron chi connectivity index (χ1n) is 7.06. The van der Waals surface area contributed by atoms with Gasteiger partial charge in [0.2, 0.25) is 5.91 Å². The Labute approximate surface area is 117 Å². The first-order valence-corrected chi connectivity index (χ1v) is 7.06. The molecule has 1 aliphatic carbocycles. The summed E-state index contributed by atoms with van der Waals surface area (Å²) in [6.07, 6.45) is 1.69. The van der Waals surface area contributed by atoms with Crippen molar-refractivity contribution in [2.24, 2.45) is 0 Å². The number of hydrogen-bond donors (Lipinski definition) is 1. The summed E-state index contributed by atoms with van der Waals surface area (Å²) in [5.74, 6) is -0.111. The number of ketones is 1. The van der Waals surface area contributed by atoms with E-state index in [4.69, 9.17) is 4.74 Å². The average molecular weight is 280 g/mol. The van der Waals surface area contributed by atoms with E-state index < -0.39 is 22.8 Å². The second-order valence-electron chi connectivity index (χ2n) is 6.98. The van der Waals surface area contributed by atoms with Crippen molar-refractivity contribution in [1.82, 2.24) is 10.2 Å². The summed E-state index contributed by atoms with van der Waals surface area (Å²) < 4.78 is 5.44. The van der Waals surface area contributed by atoms with Crippen LogP contribution in [0.2, 0.25) is 0 Å². The van der Waals surface area contributed by atoms with Gasteiger partial charge in [-0.3, -0.25) is 14.5 Å². The number of carbonyl (C=O) groups is 3. The maximum Gasteiger partial charge on any atom is 0.412 e. The van der Waals surface area contributed by atoms with Gasteiger partial charge in [-0.15, -0.1) is 0 Å². The zero-order chi connectivity index (χ0) is 14.8. The molecule has 2 spiro atoms. The topological polar surface area (TPSA) is 75.7 Å². The Hall–Kier alpha value is -1.59. The lowest BCUT2D eigenvalue weighted by Crippen LogP contribution is -2.76. The number of nitrogens with zero attached hydrogens (tertiary/aromatic N) is 1. The first kappa shape index (κ1) is 13.4. The molecular weight excluding hydrogens is 260 g/mol. The summed E-state index contributed by atoms with van der Waals surface area (Å²) in [4.78, 5) is 38.1. The number of likely N-dealkylation sites (tertiary alicyclic amines) is 1. The van der Waals surface area contributed by atoms with Crippen molar-refractivity contribution in [2.45, 2.75) is 63.1 Å². The fraction of sp³-hybridized carbons (Fsp3) is 0.786. The Kier molecular flexibility index (Phi) is 2.50. The molecule has 20 heavy (non-hydrogen) atoms. The van der Waals surface area contributed by atoms with E-state index in [-0.39, 0.29) is 11.7 Å². The van der Waals surface area contributed by atoms with E-state index >= 15 is 0 Å². The highest BCUT2D eigenvalue weighted by atomic mass is 16.6. The number of ether oxygens (including phenoxy) is 1. The van der Waals surface area contributed by atoms with Gasteiger partial charge < -0.3 is 10.1 Å². The average Bonchev–Trinajstić information content (AvgIpc) is 2.73. The number of Topliss-reactive ketones (excluding diaryl/α,β-unsaturated/α-hetero) is 1. The lowest BCUT2D eigenvalue weighted by atomic mass is 9.73. The Morgan fingerprint density at radius 3 is 2.20 bits per heavy atom. The molecule has 0 aromatic heterocycles. The lowest BCUT2D eigenvalue weighted by Gasteiger charge is -2.52. The minimum absolute atomic E-state index is 0.0555. The molecule has 1 saturated carbocycles. The van der Waals surface area contributed by atoms with Crippen LogP contribution in [0.5, 0.6) is 0 Å². The molecule has 2 amide bonds. The fourth-order valence-electron chi connectivity index (χ4n) is 3.47. The molecule has 6 nitrogen and oxygen atoms in total. The minimum atomic E-state index is -0.863. The van der Waals surface area contributed by atoms with Gasteiger partial charge in [0.05, 0.1) is 6.54 Å². The zero-order valence-corrected chi connectivity index (χ0v) is 12.1. The Morgan fingerprint density at radius 1 is 1.20 bits per heavy atom. The molecule has 3 aliphatic rings. The van der Waals surface area contributed by atoms with Gasteiger partial charge in [0.15, 0.2) is 5.78 Å². The molecule has 1 N–H and O–H groups in total. The normalized spacial score (nSPS) is 35.9. The van der Waals surface area contributed by atoms with E-state index in [2.05, 4.69) is 5.32 Å². The van der Waals surface area contributed by atoms with E-state index in [1.165, 1.54) is 4.90 Å². The van der Waals surface area contributed by atoms with E-state index in [1.807, 2.05) is 0 Å². The maximum absolute atomic E-state index is 12.5. The first-order chi connectivity index (χ1) is 9.21. The summed E-state index contributed by atoms with van der Waals surface area (Å²) >= 11 is 0. The Balaban J connectivity index is 1.95. The molecule has 2 atom stereocenters. The molecule has 0 radical (unpaired) electrons. The fourth-order valence-corrected chi connectivity index (χ4v) is 3.47. The standard InChI is InChI=1S/C14H20N2O4/c1-12(2,3)20-11(19)16-13(5-4-9(13)17)6-7-14(16)8-15-10(14)18/h4-8H2,1-3H3,(H,15,18). The second kappa shape index (κ2) is 3.74. The molecule has 0 aromatic carbocycles. The van der Waals surface area contributed by atoms with Crippen LogP contribution in [0.25, 0.3) is 0 Å². The van der Waals surface area contributed by atoms with Gasteiger partial charge in [0.1, 0.15) is 16.7 Å². The predicted molar refractivity (Wildman–Crippen MR) is 70.0 cm³/mol. The van der Waals surface area contributed by atoms with Crippen molar-refractivity contribution in [2.75, 3.05) is 6.54 Å². The highest BCUT2D eigenvalue weighted by Crippen LogP contribution is 2.52. The van der Waals surface area contributed by atoms with Crippen molar-refractivity contribution >= 4 is 17.8 Å². The molecule has 2 unspecified atom stereocenters. The third-order valence-corrected chi connectivity index (χ3v) is 4.63. The van der Waals surface area contributed by atoms with E-state index in [0.717, 1.165) is 0 Å². The van der Waals surface area contributed by atoms with Gasteiger partial charge in [0.25, 0.3) is 0 Å². The number of rotatable bonds is 0. The van der Waals surface area contributed by atoms with Crippen LogP contribution >= 0.6 is 0 Å². The predicted octanol–water partition coefficient (Wildman–Crippen LogP) is 0.988. The highest BCUT2D eigenvalue weighted by Gasteiger charge is 2.69. The highest BCUT2D eigenvalue weighted by molar-refractivity contribution is 6.03. The monoisotopic (exact) mass is 280 g/mol. The van der Waals surface area contributed by atoms with E-state index in [0.29, 0.717) is 32.2 Å². The van der Waals surface area contributed by atoms with Crippen LogP contribution in [0, 0.1) is 0 Å². The lowest BCUT2D eigenvalue weighted by molar-refractivity contribution is -0.153. The number of carbonyl (C=O) groups excluding carboxylic acids is 3. The van der Waals surface area contributed by atoms with Gasteiger partial charge in [-0.25, -0.2) is 4.79 Å². The number of nitrogens with one attached hydrogen (secondary N) is 1. The van der Waals surface area contributed by atoms with Crippen LogP contribution in [0.15, 0.2) is 0 Å². The van der Waals surface area contributed by atoms with Gasteiger partial charge in [-0.1, -0.05) is 0 Å². The van der Waals surface area contributed by atoms with E-state index in [1.54, 1.807) is 20.8 Å². The van der Waals surface area contributed by atoms with Crippen LogP contribution in [0.1, 0.15) is 46.5 Å². The summed E-state index contributed by atoms with van der Waals surface area (Å²) in [7, 11) is 0. The zero-order valence-electron chi connectivity index (χ0n) is 12.1. The van der Waals surface area contributed by atoms with Crippen molar-refractivity contribution < 1.29 is 19.1 Å². The van der Waals surface area contributed by atoms with E-state index in [9.17, 15) is 14.4 Å². The van der Waals surface area contributed by atoms with Crippen LogP contribution < -0.4 is 5.32 Å². The molecular formula is C14H20N2O4. The largest absolute Gasteiger partial charge is 0.444 e. The van der Waals surface area contributed by atoms with Crippen molar-refractivity contribution in [3.8, 4) is 0 Å². The summed E-state index contributed by atoms with van der Waals surface area (Å²) in [5.41, 5.74) is -2.30. The van der Waals surface area contributed by atoms with Gasteiger partial charge >= 0.3 is 6.09 Å². The number of amides is 2. The third kappa shape index (κ3) is 1.53. The summed E-state index contributed by atoms with van der Waals surface area (Å²) in [5, 5.41) is 2.69. The minimum Gasteiger partial charge on any atom is -0.444 e. The molecule has 6 heteroatoms.